The van der Waals surface area contributed by atoms with Gasteiger partial charge in [-0.3, -0.25) is 24.1 Å². The van der Waals surface area contributed by atoms with Crippen LogP contribution in [0.25, 0.3) is 22.5 Å². The molecule has 0 spiro atoms. The Balaban J connectivity index is 0.000000355. The first-order chi connectivity index (χ1) is 32.5. The zero-order chi connectivity index (χ0) is 47.3. The Bertz CT molecular complexity index is 2670. The highest BCUT2D eigenvalue weighted by Crippen LogP contribution is 2.24. The third-order valence-electron chi connectivity index (χ3n) is 11.7. The van der Waals surface area contributed by atoms with Crippen LogP contribution >= 0.6 is 0 Å². The van der Waals surface area contributed by atoms with Crippen molar-refractivity contribution >= 4 is 52.9 Å². The summed E-state index contributed by atoms with van der Waals surface area (Å²) in [5, 5.41) is 12.7. The fourth-order valence-electron chi connectivity index (χ4n) is 7.77. The summed E-state index contributed by atoms with van der Waals surface area (Å²) in [5.41, 5.74) is 16.9. The van der Waals surface area contributed by atoms with Crippen molar-refractivity contribution in [1.82, 2.24) is 39.5 Å². The first-order valence-electron chi connectivity index (χ1n) is 22.1. The molecule has 4 heterocycles. The van der Waals surface area contributed by atoms with Gasteiger partial charge in [0, 0.05) is 91.2 Å². The summed E-state index contributed by atoms with van der Waals surface area (Å²) < 4.78 is 0. The molecule has 6 aromatic rings. The van der Waals surface area contributed by atoms with E-state index in [0.717, 1.165) is 63.1 Å². The average Bonchev–Trinajstić information content (AvgIpc) is 3.36. The molecule has 0 atom stereocenters. The lowest BCUT2D eigenvalue weighted by molar-refractivity contribution is 0.0638. The van der Waals surface area contributed by atoms with E-state index in [9.17, 15) is 19.2 Å². The lowest BCUT2D eigenvalue weighted by Gasteiger charge is -2.35. The van der Waals surface area contributed by atoms with E-state index in [1.807, 2.05) is 58.3 Å². The van der Waals surface area contributed by atoms with Crippen LogP contribution in [-0.2, 0) is 0 Å². The van der Waals surface area contributed by atoms with Crippen LogP contribution < -0.4 is 22.1 Å². The van der Waals surface area contributed by atoms with Crippen LogP contribution in [0.2, 0.25) is 0 Å². The van der Waals surface area contributed by atoms with E-state index in [4.69, 9.17) is 16.9 Å². The zero-order valence-corrected chi connectivity index (χ0v) is 37.6. The molecule has 0 aliphatic carbocycles. The average molecular weight is 910 g/mol. The van der Waals surface area contributed by atoms with Crippen LogP contribution in [0.5, 0.6) is 0 Å². The molecule has 2 fully saturated rings. The van der Waals surface area contributed by atoms with Crippen molar-refractivity contribution in [3.63, 3.8) is 0 Å². The number of hydrogen-bond donors (Lipinski definition) is 5. The fourth-order valence-corrected chi connectivity index (χ4v) is 7.77. The van der Waals surface area contributed by atoms with Crippen LogP contribution in [-0.4, -0.2) is 135 Å². The number of piperazine rings is 1. The van der Waals surface area contributed by atoms with Gasteiger partial charge in [0.2, 0.25) is 0 Å². The molecule has 2 aromatic heterocycles. The van der Waals surface area contributed by atoms with Crippen LogP contribution in [0, 0.1) is 5.41 Å². The summed E-state index contributed by atoms with van der Waals surface area (Å²) in [6.45, 7) is 5.33. The van der Waals surface area contributed by atoms with Crippen molar-refractivity contribution in [2.24, 2.45) is 0 Å². The third kappa shape index (κ3) is 12.3. The van der Waals surface area contributed by atoms with Gasteiger partial charge in [-0.25, -0.2) is 19.9 Å². The summed E-state index contributed by atoms with van der Waals surface area (Å²) >= 11 is 0. The third-order valence-corrected chi connectivity index (χ3v) is 11.7. The van der Waals surface area contributed by atoms with E-state index >= 15 is 0 Å². The largest absolute Gasteiger partial charge is 0.382 e. The molecule has 7 N–H and O–H groups in total. The van der Waals surface area contributed by atoms with E-state index in [0.29, 0.717) is 53.0 Å². The number of benzene rings is 4. The Hall–Kier alpha value is -7.89. The Morgan fingerprint density at radius 3 is 1.46 bits per heavy atom. The highest BCUT2D eigenvalue weighted by atomic mass is 16.2. The van der Waals surface area contributed by atoms with Crippen LogP contribution in [0.4, 0.5) is 23.0 Å². The van der Waals surface area contributed by atoms with Gasteiger partial charge in [-0.05, 0) is 88.1 Å². The maximum Gasteiger partial charge on any atom is 0.278 e. The molecule has 2 aliphatic heterocycles. The van der Waals surface area contributed by atoms with Gasteiger partial charge in [-0.15, -0.1) is 0 Å². The number of nitrogens with zero attached hydrogens (tertiary/aromatic N) is 8. The van der Waals surface area contributed by atoms with E-state index in [-0.39, 0.29) is 40.5 Å². The molecular weight excluding hydrogens is 847 g/mol. The van der Waals surface area contributed by atoms with Crippen LogP contribution in [0.15, 0.2) is 122 Å². The van der Waals surface area contributed by atoms with E-state index in [1.54, 1.807) is 60.7 Å². The molecule has 4 aromatic carbocycles. The number of piperidine rings is 1. The first-order valence-corrected chi connectivity index (χ1v) is 22.1. The summed E-state index contributed by atoms with van der Waals surface area (Å²) in [7, 11) is 4.16. The second-order valence-corrected chi connectivity index (χ2v) is 16.4. The zero-order valence-electron chi connectivity index (χ0n) is 37.6. The Labute approximate surface area is 395 Å². The number of nitrogen functional groups attached to an aromatic ring is 2. The van der Waals surface area contributed by atoms with Crippen molar-refractivity contribution in [3.05, 3.63) is 144 Å². The molecule has 0 bridgehead atoms. The highest BCUT2D eigenvalue weighted by molar-refractivity contribution is 6.06. The second-order valence-electron chi connectivity index (χ2n) is 16.4. The Morgan fingerprint density at radius 1 is 0.642 bits per heavy atom. The summed E-state index contributed by atoms with van der Waals surface area (Å²) in [5.74, 6) is -0.746. The van der Waals surface area contributed by atoms with Gasteiger partial charge in [0.1, 0.15) is 0 Å². The smallest absolute Gasteiger partial charge is 0.278 e. The van der Waals surface area contributed by atoms with E-state index in [1.165, 1.54) is 18.6 Å². The van der Waals surface area contributed by atoms with Crippen molar-refractivity contribution in [3.8, 4) is 22.5 Å². The SMILES string of the molecule is CN(C)C1CCN(C(=O)c2ccc(-c3cnc(N)c(C(=O)Nc4ccccc4)n3)cc2)CC1.N=CCCN1CCN(C(=O)c2ccc(-c3cnc(N)c(C(=O)Nc4ccccc4)n3)cc2)CC1.[HH].[HH].[HH].[HH]. The molecule has 352 valence electrons. The molecule has 4 amide bonds. The standard InChI is InChI=1S/C25H27N7O2.C25H28N6O2.4H2/c26-11-4-12-31-13-15-32(16-14-31)25(34)19-9-7-18(8-10-19)21-17-28-23(27)22(30-21)24(33)29-20-5-2-1-3-6-20;1-30(2)20-12-14-31(15-13-20)25(33)18-10-8-17(9-11-18)21-16-27-23(26)22(29-21)24(32)28-19-6-4-3-5-7-19;;;;/h1-3,5-11,17,26H,4,12-16H2,(H2,27,28)(H,29,33);3-11,16,20H,12-15H2,1-2H3,(H2,26,27)(H,28,32);4*1H. The number of para-hydroxylation sites is 2. The molecule has 2 aliphatic rings. The molecule has 0 unspecified atom stereocenters. The number of rotatable bonds is 12. The Morgan fingerprint density at radius 2 is 1.06 bits per heavy atom. The topological polar surface area (TPSA) is 233 Å². The van der Waals surface area contributed by atoms with Crippen LogP contribution in [0.3, 0.4) is 0 Å². The molecular formula is C50H63N13O4. The number of nitrogens with one attached hydrogen (secondary N) is 3. The summed E-state index contributed by atoms with van der Waals surface area (Å²) in [6, 6.07) is 33.0. The van der Waals surface area contributed by atoms with Crippen molar-refractivity contribution in [2.75, 3.05) is 82.0 Å². The van der Waals surface area contributed by atoms with Crippen molar-refractivity contribution in [1.29, 1.82) is 5.41 Å². The number of hydrogen-bond acceptors (Lipinski definition) is 13. The quantitative estimate of drug-likeness (QED) is 0.0789. The van der Waals surface area contributed by atoms with Crippen LogP contribution in [0.1, 0.15) is 66.7 Å². The predicted octanol–water partition coefficient (Wildman–Crippen LogP) is 6.90. The van der Waals surface area contributed by atoms with Gasteiger partial charge in [-0.1, -0.05) is 60.7 Å². The predicted molar refractivity (Wildman–Crippen MR) is 269 cm³/mol. The van der Waals surface area contributed by atoms with Gasteiger partial charge in [0.25, 0.3) is 23.6 Å². The monoisotopic (exact) mass is 910 g/mol. The first kappa shape index (κ1) is 47.1. The molecule has 2 saturated heterocycles. The maximum atomic E-state index is 12.9. The van der Waals surface area contributed by atoms with Gasteiger partial charge >= 0.3 is 0 Å². The van der Waals surface area contributed by atoms with Crippen molar-refractivity contribution in [2.45, 2.75) is 25.3 Å². The molecule has 0 saturated carbocycles. The number of carbonyl (C=O) groups excluding carboxylic acids is 4. The number of anilines is 4. The van der Waals surface area contributed by atoms with E-state index in [2.05, 4.69) is 54.5 Å². The molecule has 0 radical (unpaired) electrons. The number of aromatic nitrogens is 4. The van der Waals surface area contributed by atoms with Gasteiger partial charge in [0.15, 0.2) is 23.0 Å². The molecule has 17 heteroatoms. The lowest BCUT2D eigenvalue weighted by Crippen LogP contribution is -2.48. The highest BCUT2D eigenvalue weighted by Gasteiger charge is 2.26. The maximum absolute atomic E-state index is 12.9. The number of carbonyl (C=O) groups is 4. The number of likely N-dealkylation sites (tertiary alicyclic amines) is 1. The Kier molecular flexibility index (Phi) is 15.7. The summed E-state index contributed by atoms with van der Waals surface area (Å²) in [4.78, 5) is 76.5. The normalized spacial score (nSPS) is 14.1. The van der Waals surface area contributed by atoms with Crippen molar-refractivity contribution < 1.29 is 24.9 Å². The summed E-state index contributed by atoms with van der Waals surface area (Å²) in [6.07, 6.45) is 7.15. The molecule has 67 heavy (non-hydrogen) atoms. The lowest BCUT2D eigenvalue weighted by atomic mass is 10.0. The minimum Gasteiger partial charge on any atom is -0.382 e. The van der Waals surface area contributed by atoms with E-state index < -0.39 is 11.8 Å². The van der Waals surface area contributed by atoms with Gasteiger partial charge in [-0.2, -0.15) is 0 Å². The van der Waals surface area contributed by atoms with Gasteiger partial charge in [0.05, 0.1) is 23.8 Å². The van der Waals surface area contributed by atoms with Gasteiger partial charge < -0.3 is 42.2 Å². The molecule has 17 nitrogen and oxygen atoms in total. The number of amides is 4. The fraction of sp³-hybridized carbons (Fsp3) is 0.260. The number of nitrogens with two attached hydrogens (primary N) is 2. The minimum atomic E-state index is -0.440. The minimum absolute atomic E-state index is 0. The molecule has 8 rings (SSSR count). The second kappa shape index (κ2) is 22.3.